The highest BCUT2D eigenvalue weighted by Crippen LogP contribution is 2.13. The average molecular weight is 209 g/mol. The van der Waals surface area contributed by atoms with Crippen molar-refractivity contribution in [1.82, 2.24) is 0 Å². The first-order chi connectivity index (χ1) is 5.79. The molecular formula is C6H17N4O2S+. The van der Waals surface area contributed by atoms with Crippen LogP contribution in [0.2, 0.25) is 0 Å². The van der Waals surface area contributed by atoms with Gasteiger partial charge >= 0.3 is 10.0 Å². The van der Waals surface area contributed by atoms with Crippen LogP contribution in [0.5, 0.6) is 0 Å². The number of hydrogen-bond acceptors (Lipinski definition) is 3. The number of nitrogens with two attached hydrogens (primary N) is 2. The maximum Gasteiger partial charge on any atom is 0.318 e. The van der Waals surface area contributed by atoms with Gasteiger partial charge in [0.1, 0.15) is 13.1 Å². The van der Waals surface area contributed by atoms with Crippen molar-refractivity contribution in [3.05, 3.63) is 0 Å². The molecule has 0 aromatic rings. The van der Waals surface area contributed by atoms with E-state index in [4.69, 9.17) is 11.5 Å². The van der Waals surface area contributed by atoms with Crippen molar-refractivity contribution in [3.8, 4) is 0 Å². The lowest BCUT2D eigenvalue weighted by molar-refractivity contribution is -0.808. The number of rotatable bonds is 4. The summed E-state index contributed by atoms with van der Waals surface area (Å²) in [6, 6.07) is 0. The van der Waals surface area contributed by atoms with Crippen LogP contribution in [0.3, 0.4) is 0 Å². The van der Waals surface area contributed by atoms with E-state index in [0.717, 1.165) is 6.26 Å². The predicted molar refractivity (Wildman–Crippen MR) is 52.0 cm³/mol. The van der Waals surface area contributed by atoms with Gasteiger partial charge in [0.2, 0.25) is 5.96 Å². The summed E-state index contributed by atoms with van der Waals surface area (Å²) in [6.45, 7) is 4.06. The number of guanidine groups is 1. The lowest BCUT2D eigenvalue weighted by atomic mass is 10.6. The van der Waals surface area contributed by atoms with Gasteiger partial charge in [0.15, 0.2) is 0 Å². The molecule has 0 aliphatic heterocycles. The van der Waals surface area contributed by atoms with E-state index in [1.54, 1.807) is 13.8 Å². The van der Waals surface area contributed by atoms with Crippen LogP contribution in [-0.4, -0.2) is 37.7 Å². The van der Waals surface area contributed by atoms with Crippen molar-refractivity contribution in [3.63, 3.8) is 0 Å². The Morgan fingerprint density at radius 3 is 1.77 bits per heavy atom. The van der Waals surface area contributed by atoms with Gasteiger partial charge in [-0.05, 0) is 18.9 Å². The van der Waals surface area contributed by atoms with Crippen LogP contribution in [0.25, 0.3) is 0 Å². The molecule has 0 atom stereocenters. The summed E-state index contributed by atoms with van der Waals surface area (Å²) in [5.74, 6) is -0.214. The number of quaternary nitrogens is 1. The van der Waals surface area contributed by atoms with Crippen LogP contribution in [0, 0.1) is 0 Å². The van der Waals surface area contributed by atoms with Gasteiger partial charge in [-0.1, -0.05) is 4.00 Å². The zero-order valence-electron chi connectivity index (χ0n) is 8.19. The molecule has 0 aromatic heterocycles. The second-order valence-corrected chi connectivity index (χ2v) is 4.88. The Balaban J connectivity index is 5.31. The molecule has 0 saturated carbocycles. The van der Waals surface area contributed by atoms with Crippen LogP contribution in [0.1, 0.15) is 13.8 Å². The largest absolute Gasteiger partial charge is 0.366 e. The Morgan fingerprint density at radius 1 is 1.31 bits per heavy atom. The zero-order valence-corrected chi connectivity index (χ0v) is 9.00. The fourth-order valence-corrected chi connectivity index (χ4v) is 2.30. The summed E-state index contributed by atoms with van der Waals surface area (Å²) in [5, 5.41) is 3.74. The molecular weight excluding hydrogens is 192 g/mol. The predicted octanol–water partition coefficient (Wildman–Crippen LogP) is -1.01. The lowest BCUT2D eigenvalue weighted by Crippen LogP contribution is -2.49. The molecule has 78 valence electrons. The SMILES string of the molecule is CC[N+](CC)(N=C(N)N)S(C)(=O)=O. The molecule has 0 heterocycles. The van der Waals surface area contributed by atoms with E-state index in [1.807, 2.05) is 0 Å². The summed E-state index contributed by atoms with van der Waals surface area (Å²) in [4.78, 5) is 0. The molecule has 0 spiro atoms. The second kappa shape index (κ2) is 3.93. The van der Waals surface area contributed by atoms with Crippen molar-refractivity contribution in [2.45, 2.75) is 13.8 Å². The third-order valence-electron chi connectivity index (χ3n) is 1.90. The third-order valence-corrected chi connectivity index (χ3v) is 3.74. The van der Waals surface area contributed by atoms with Crippen LogP contribution in [0.15, 0.2) is 5.10 Å². The minimum Gasteiger partial charge on any atom is -0.366 e. The van der Waals surface area contributed by atoms with Gasteiger partial charge in [0.05, 0.1) is 6.26 Å². The first-order valence-corrected chi connectivity index (χ1v) is 5.82. The highest BCUT2D eigenvalue weighted by molar-refractivity contribution is 7.85. The van der Waals surface area contributed by atoms with Crippen LogP contribution in [0.4, 0.5) is 0 Å². The molecule has 6 nitrogen and oxygen atoms in total. The van der Waals surface area contributed by atoms with Gasteiger partial charge in [-0.2, -0.15) is 8.42 Å². The number of nitrogens with zero attached hydrogens (tertiary/aromatic N) is 2. The minimum atomic E-state index is -3.33. The van der Waals surface area contributed by atoms with Crippen molar-refractivity contribution in [1.29, 1.82) is 0 Å². The van der Waals surface area contributed by atoms with E-state index in [-0.39, 0.29) is 5.96 Å². The molecule has 0 rings (SSSR count). The zero-order chi connectivity index (χ0) is 10.7. The Labute approximate surface area is 78.8 Å². The molecule has 13 heavy (non-hydrogen) atoms. The Kier molecular flexibility index (Phi) is 3.68. The van der Waals surface area contributed by atoms with Gasteiger partial charge in [0, 0.05) is 0 Å². The average Bonchev–Trinajstić information content (AvgIpc) is 1.97. The fourth-order valence-electron chi connectivity index (χ4n) is 1.12. The van der Waals surface area contributed by atoms with Gasteiger partial charge in [-0.3, -0.25) is 0 Å². The second-order valence-electron chi connectivity index (χ2n) is 2.74. The van der Waals surface area contributed by atoms with Gasteiger partial charge in [-0.15, -0.1) is 0 Å². The fraction of sp³-hybridized carbons (Fsp3) is 0.833. The smallest absolute Gasteiger partial charge is 0.318 e. The molecule has 0 saturated heterocycles. The maximum atomic E-state index is 11.4. The third kappa shape index (κ3) is 2.56. The molecule has 4 N–H and O–H groups in total. The van der Waals surface area contributed by atoms with E-state index in [0.29, 0.717) is 13.1 Å². The van der Waals surface area contributed by atoms with Crippen LogP contribution >= 0.6 is 0 Å². The number of hydrogen-bond donors (Lipinski definition) is 2. The monoisotopic (exact) mass is 209 g/mol. The van der Waals surface area contributed by atoms with Gasteiger partial charge in [0.25, 0.3) is 0 Å². The van der Waals surface area contributed by atoms with Crippen molar-refractivity contribution in [2.75, 3.05) is 19.3 Å². The molecule has 0 unspecified atom stereocenters. The van der Waals surface area contributed by atoms with Crippen molar-refractivity contribution < 1.29 is 12.4 Å². The van der Waals surface area contributed by atoms with Gasteiger partial charge in [-0.25, -0.2) is 0 Å². The molecule has 0 amide bonds. The topological polar surface area (TPSA) is 98.5 Å². The lowest BCUT2D eigenvalue weighted by Gasteiger charge is -2.26. The van der Waals surface area contributed by atoms with E-state index in [1.165, 1.54) is 0 Å². The van der Waals surface area contributed by atoms with E-state index >= 15 is 0 Å². The van der Waals surface area contributed by atoms with Crippen LogP contribution < -0.4 is 11.5 Å². The summed E-state index contributed by atoms with van der Waals surface area (Å²) in [7, 11) is -3.33. The summed E-state index contributed by atoms with van der Waals surface area (Å²) in [5.41, 5.74) is 10.3. The molecule has 0 bridgehead atoms. The van der Waals surface area contributed by atoms with Crippen molar-refractivity contribution >= 4 is 16.0 Å². The molecule has 0 fully saturated rings. The molecule has 0 aliphatic carbocycles. The highest BCUT2D eigenvalue weighted by Gasteiger charge is 2.35. The molecule has 7 heteroatoms. The van der Waals surface area contributed by atoms with Crippen molar-refractivity contribution in [2.24, 2.45) is 16.6 Å². The molecule has 0 aliphatic rings. The summed E-state index contributed by atoms with van der Waals surface area (Å²) < 4.78 is 22.4. The minimum absolute atomic E-state index is 0.214. The highest BCUT2D eigenvalue weighted by atomic mass is 32.2. The molecule has 0 radical (unpaired) electrons. The maximum absolute atomic E-state index is 11.4. The first kappa shape index (κ1) is 12.2. The van der Waals surface area contributed by atoms with E-state index in [2.05, 4.69) is 5.10 Å². The normalized spacial score (nSPS) is 12.5. The van der Waals surface area contributed by atoms with E-state index < -0.39 is 14.0 Å². The van der Waals surface area contributed by atoms with Gasteiger partial charge < -0.3 is 11.5 Å². The summed E-state index contributed by atoms with van der Waals surface area (Å²) in [6.07, 6.45) is 1.12. The Hall–Kier alpha value is -0.820. The first-order valence-electron chi connectivity index (χ1n) is 3.97. The Bertz CT molecular complexity index is 288. The Morgan fingerprint density at radius 2 is 1.69 bits per heavy atom. The summed E-state index contributed by atoms with van der Waals surface area (Å²) >= 11 is 0. The quantitative estimate of drug-likeness (QED) is 0.268. The van der Waals surface area contributed by atoms with Crippen LogP contribution in [-0.2, 0) is 10.0 Å². The number of sulfonamides is 1. The van der Waals surface area contributed by atoms with E-state index in [9.17, 15) is 8.42 Å². The molecule has 0 aromatic carbocycles. The standard InChI is InChI=1S/C6H17N4O2S/c1-4-10(5-2,9-6(7)8)13(3,11)12/h4-5H2,1-3H3,(H4,7,8,9)/q+1.